The van der Waals surface area contributed by atoms with Crippen molar-refractivity contribution in [2.75, 3.05) is 19.6 Å². The number of nitrogens with zero attached hydrogens (tertiary/aromatic N) is 2. The van der Waals surface area contributed by atoms with Gasteiger partial charge in [-0.15, -0.1) is 0 Å². The second kappa shape index (κ2) is 11.2. The molecular formula is C27H31N5O6S. The van der Waals surface area contributed by atoms with Crippen molar-refractivity contribution < 1.29 is 28.6 Å². The highest BCUT2D eigenvalue weighted by molar-refractivity contribution is 7.09. The largest absolute Gasteiger partial charge is 0.497 e. The number of methoxy groups -OCH3 is 1. The molecule has 0 radical (unpaired) electrons. The number of rotatable bonds is 10. The van der Waals surface area contributed by atoms with E-state index in [1.165, 1.54) is 4.90 Å². The zero-order valence-corrected chi connectivity index (χ0v) is 23.0. The van der Waals surface area contributed by atoms with Gasteiger partial charge in [0.25, 0.3) is 11.8 Å². The van der Waals surface area contributed by atoms with Crippen molar-refractivity contribution in [3.8, 4) is 17.2 Å². The average molecular weight is 554 g/mol. The first-order chi connectivity index (χ1) is 18.5. The van der Waals surface area contributed by atoms with E-state index >= 15 is 0 Å². The van der Waals surface area contributed by atoms with E-state index in [1.54, 1.807) is 49.6 Å². The molecule has 1 aliphatic heterocycles. The lowest BCUT2D eigenvalue weighted by molar-refractivity contribution is -0.127. The average Bonchev–Trinajstić information content (AvgIpc) is 3.54. The number of hydrogen-bond acceptors (Lipinski definition) is 9. The molecule has 11 nitrogen and oxygen atoms in total. The van der Waals surface area contributed by atoms with Gasteiger partial charge in [0.05, 0.1) is 12.8 Å². The predicted molar refractivity (Wildman–Crippen MR) is 146 cm³/mol. The van der Waals surface area contributed by atoms with Gasteiger partial charge in [0.15, 0.2) is 17.2 Å². The van der Waals surface area contributed by atoms with Crippen LogP contribution in [0, 0.1) is 0 Å². The number of carbonyl (C=O) groups is 3. The lowest BCUT2D eigenvalue weighted by atomic mass is 9.98. The van der Waals surface area contributed by atoms with Crippen LogP contribution < -0.4 is 31.0 Å². The third kappa shape index (κ3) is 5.90. The first-order valence-corrected chi connectivity index (χ1v) is 13.0. The molecule has 0 fully saturated rings. The Bertz CT molecular complexity index is 1390. The number of nitrogen functional groups attached to an aromatic ring is 1. The smallest absolute Gasteiger partial charge is 0.270 e. The van der Waals surface area contributed by atoms with Gasteiger partial charge in [-0.3, -0.25) is 14.4 Å². The van der Waals surface area contributed by atoms with E-state index in [0.29, 0.717) is 34.8 Å². The Hall–Kier alpha value is -4.32. The fourth-order valence-electron chi connectivity index (χ4n) is 4.03. The van der Waals surface area contributed by atoms with Gasteiger partial charge >= 0.3 is 0 Å². The van der Waals surface area contributed by atoms with Crippen LogP contribution in [0.4, 0.5) is 5.69 Å². The number of primary amides is 1. The topological polar surface area (TPSA) is 159 Å². The van der Waals surface area contributed by atoms with Crippen LogP contribution in [-0.4, -0.2) is 46.4 Å². The van der Waals surface area contributed by atoms with Crippen molar-refractivity contribution in [3.63, 3.8) is 0 Å². The second-order valence-electron chi connectivity index (χ2n) is 9.66. The van der Waals surface area contributed by atoms with Gasteiger partial charge in [-0.25, -0.2) is 0 Å². The zero-order valence-electron chi connectivity index (χ0n) is 22.1. The number of benzene rings is 2. The molecule has 2 heterocycles. The van der Waals surface area contributed by atoms with Crippen molar-refractivity contribution >= 4 is 34.9 Å². The molecule has 0 spiro atoms. The molecule has 1 aliphatic rings. The molecule has 1 atom stereocenters. The van der Waals surface area contributed by atoms with Gasteiger partial charge < -0.3 is 35.9 Å². The molecule has 3 aromatic rings. The minimum atomic E-state index is -1.07. The van der Waals surface area contributed by atoms with Gasteiger partial charge in [-0.05, 0) is 67.2 Å². The quantitative estimate of drug-likeness (QED) is 0.345. The molecule has 39 heavy (non-hydrogen) atoms. The molecule has 0 unspecified atom stereocenters. The minimum Gasteiger partial charge on any atom is -0.497 e. The maximum atomic E-state index is 14.1. The molecule has 3 amide bonds. The summed E-state index contributed by atoms with van der Waals surface area (Å²) in [5.41, 5.74) is 11.9. The van der Waals surface area contributed by atoms with Crippen LogP contribution in [-0.2, 0) is 11.3 Å². The Morgan fingerprint density at radius 3 is 2.46 bits per heavy atom. The number of nitrogens with one attached hydrogen (secondary N) is 1. The molecule has 0 saturated carbocycles. The Morgan fingerprint density at radius 1 is 1.15 bits per heavy atom. The van der Waals surface area contributed by atoms with Crippen LogP contribution in [0.5, 0.6) is 17.2 Å². The summed E-state index contributed by atoms with van der Waals surface area (Å²) in [4.78, 5) is 41.3. The molecule has 2 aromatic carbocycles. The van der Waals surface area contributed by atoms with Crippen LogP contribution in [0.2, 0.25) is 0 Å². The summed E-state index contributed by atoms with van der Waals surface area (Å²) in [6.07, 6.45) is 0.661. The number of carbonyl (C=O) groups excluding carboxylic acids is 3. The summed E-state index contributed by atoms with van der Waals surface area (Å²) >= 11 is 0.756. The number of anilines is 1. The highest BCUT2D eigenvalue weighted by atomic mass is 32.1. The van der Waals surface area contributed by atoms with Gasteiger partial charge in [0.1, 0.15) is 16.7 Å². The molecular weight excluding hydrogens is 522 g/mol. The first kappa shape index (κ1) is 27.7. The molecule has 5 N–H and O–H groups in total. The Kier molecular flexibility index (Phi) is 7.95. The van der Waals surface area contributed by atoms with Gasteiger partial charge in [0, 0.05) is 12.1 Å². The maximum Gasteiger partial charge on any atom is 0.270 e. The van der Waals surface area contributed by atoms with E-state index in [1.807, 2.05) is 20.8 Å². The fraction of sp³-hybridized carbons (Fsp3) is 0.333. The SMILES string of the molecule is CCC(C)(C)NC(=O)[C@@H](c1ccc(OC)cc1)N(Cc1ccc2c(c1)OCO2)C(=O)c1snc(C(N)=O)c1N. The number of aromatic nitrogens is 1. The van der Waals surface area contributed by atoms with Gasteiger partial charge in [-0.1, -0.05) is 25.1 Å². The van der Waals surface area contributed by atoms with E-state index in [9.17, 15) is 14.4 Å². The minimum absolute atomic E-state index is 0.00519. The van der Waals surface area contributed by atoms with Crippen LogP contribution in [0.3, 0.4) is 0 Å². The molecule has 1 aromatic heterocycles. The Balaban J connectivity index is 1.83. The number of ether oxygens (including phenoxy) is 3. The normalized spacial score (nSPS) is 13.0. The third-order valence-corrected chi connectivity index (χ3v) is 7.39. The zero-order chi connectivity index (χ0) is 28.3. The predicted octanol–water partition coefficient (Wildman–Crippen LogP) is 3.25. The first-order valence-electron chi connectivity index (χ1n) is 12.2. The lowest BCUT2D eigenvalue weighted by Gasteiger charge is -2.34. The molecule has 12 heteroatoms. The summed E-state index contributed by atoms with van der Waals surface area (Å²) in [6, 6.07) is 11.1. The third-order valence-electron chi connectivity index (χ3n) is 6.54. The maximum absolute atomic E-state index is 14.1. The Labute approximate surface area is 230 Å². The number of nitrogens with two attached hydrogens (primary N) is 2. The van der Waals surface area contributed by atoms with Crippen LogP contribution in [0.15, 0.2) is 42.5 Å². The molecule has 0 saturated heterocycles. The number of amides is 3. The Morgan fingerprint density at radius 2 is 1.85 bits per heavy atom. The molecule has 4 rings (SSSR count). The van der Waals surface area contributed by atoms with E-state index < -0.39 is 23.4 Å². The van der Waals surface area contributed by atoms with Crippen molar-refractivity contribution in [2.24, 2.45) is 5.73 Å². The molecule has 0 aliphatic carbocycles. The fourth-order valence-corrected chi connectivity index (χ4v) is 4.79. The van der Waals surface area contributed by atoms with Crippen molar-refractivity contribution in [3.05, 3.63) is 64.2 Å². The lowest BCUT2D eigenvalue weighted by Crippen LogP contribution is -2.50. The number of hydrogen-bond donors (Lipinski definition) is 3. The monoisotopic (exact) mass is 553 g/mol. The van der Waals surface area contributed by atoms with Crippen molar-refractivity contribution in [1.82, 2.24) is 14.6 Å². The highest BCUT2D eigenvalue weighted by Gasteiger charge is 2.37. The highest BCUT2D eigenvalue weighted by Crippen LogP contribution is 2.35. The second-order valence-corrected chi connectivity index (χ2v) is 10.4. The van der Waals surface area contributed by atoms with Crippen LogP contribution >= 0.6 is 11.5 Å². The van der Waals surface area contributed by atoms with E-state index in [4.69, 9.17) is 25.7 Å². The van der Waals surface area contributed by atoms with Crippen LogP contribution in [0.25, 0.3) is 0 Å². The van der Waals surface area contributed by atoms with E-state index in [-0.39, 0.29) is 35.5 Å². The van der Waals surface area contributed by atoms with Crippen molar-refractivity contribution in [1.29, 1.82) is 0 Å². The standard InChI is InChI=1S/C27H31N5O6S/c1-5-27(2,3)30-25(34)22(16-7-9-17(36-4)10-8-16)32(13-15-6-11-18-19(12-15)38-14-37-18)26(35)23-20(28)21(24(29)33)31-39-23/h6-12,22H,5,13-14,28H2,1-4H3,(H2,29,33)(H,30,34)/t22-/m1/s1. The summed E-state index contributed by atoms with van der Waals surface area (Å²) in [6.45, 7) is 5.87. The van der Waals surface area contributed by atoms with Gasteiger partial charge in [-0.2, -0.15) is 4.37 Å². The van der Waals surface area contributed by atoms with E-state index in [2.05, 4.69) is 9.69 Å². The summed E-state index contributed by atoms with van der Waals surface area (Å²) in [5, 5.41) is 3.06. The summed E-state index contributed by atoms with van der Waals surface area (Å²) in [7, 11) is 1.54. The van der Waals surface area contributed by atoms with Crippen molar-refractivity contribution in [2.45, 2.75) is 45.3 Å². The number of fused-ring (bicyclic) bond motifs is 1. The summed E-state index contributed by atoms with van der Waals surface area (Å²) < 4.78 is 20.2. The molecule has 206 valence electrons. The molecule has 0 bridgehead atoms. The van der Waals surface area contributed by atoms with E-state index in [0.717, 1.165) is 11.5 Å². The summed E-state index contributed by atoms with van der Waals surface area (Å²) in [5.74, 6) is -0.105. The van der Waals surface area contributed by atoms with Crippen LogP contribution in [0.1, 0.15) is 64.5 Å². The van der Waals surface area contributed by atoms with Gasteiger partial charge in [0.2, 0.25) is 12.7 Å².